The van der Waals surface area contributed by atoms with Gasteiger partial charge in [-0.15, -0.1) is 0 Å². The number of sulfone groups is 1. The van der Waals surface area contributed by atoms with E-state index in [2.05, 4.69) is 9.97 Å². The van der Waals surface area contributed by atoms with E-state index in [4.69, 9.17) is 0 Å². The molecule has 1 N–H and O–H groups in total. The van der Waals surface area contributed by atoms with Crippen molar-refractivity contribution >= 4 is 26.6 Å². The minimum atomic E-state index is -3.48. The molecule has 1 atom stereocenters. The second-order valence-corrected chi connectivity index (χ2v) is 8.33. The van der Waals surface area contributed by atoms with E-state index in [-0.39, 0.29) is 17.9 Å². The molecule has 2 aromatic rings. The first-order chi connectivity index (χ1) is 11.8. The highest BCUT2D eigenvalue weighted by Gasteiger charge is 2.30. The molecule has 1 amide bonds. The summed E-state index contributed by atoms with van der Waals surface area (Å²) in [4.78, 5) is 33.1. The third kappa shape index (κ3) is 4.25. The summed E-state index contributed by atoms with van der Waals surface area (Å²) in [6.45, 7) is 5.31. The van der Waals surface area contributed by atoms with E-state index in [9.17, 15) is 18.0 Å². The number of benzene rings is 1. The molecule has 0 saturated carbocycles. The number of amides is 1. The normalized spacial score (nSPS) is 12.9. The molecule has 0 saturated heterocycles. The Hall–Kier alpha value is -2.22. The van der Waals surface area contributed by atoms with E-state index < -0.39 is 21.0 Å². The summed E-state index contributed by atoms with van der Waals surface area (Å²) in [6, 6.07) is 6.93. The number of aromatic amines is 1. The first-order valence-electron chi connectivity index (χ1n) is 8.28. The number of aromatic nitrogens is 2. The van der Waals surface area contributed by atoms with Gasteiger partial charge in [0.15, 0.2) is 9.84 Å². The maximum absolute atomic E-state index is 12.6. The fraction of sp³-hybridized carbons (Fsp3) is 0.471. The van der Waals surface area contributed by atoms with Crippen LogP contribution in [0.1, 0.15) is 33.0 Å². The molecule has 1 heterocycles. The van der Waals surface area contributed by atoms with E-state index in [1.165, 1.54) is 11.8 Å². The lowest BCUT2D eigenvalue weighted by Crippen LogP contribution is -2.42. The number of nitrogens with one attached hydrogen (secondary N) is 1. The molecule has 1 unspecified atom stereocenters. The van der Waals surface area contributed by atoms with Crippen LogP contribution in [0.2, 0.25) is 0 Å². The molecule has 136 valence electrons. The average Bonchev–Trinajstić information content (AvgIpc) is 2.58. The summed E-state index contributed by atoms with van der Waals surface area (Å²) >= 11 is 0. The Morgan fingerprint density at radius 2 is 1.96 bits per heavy atom. The molecule has 1 aromatic heterocycles. The molecule has 0 aliphatic carbocycles. The van der Waals surface area contributed by atoms with Gasteiger partial charge in [0.2, 0.25) is 5.91 Å². The summed E-state index contributed by atoms with van der Waals surface area (Å²) in [6.07, 6.45) is 0.464. The van der Waals surface area contributed by atoms with Crippen molar-refractivity contribution in [3.8, 4) is 0 Å². The van der Waals surface area contributed by atoms with Gasteiger partial charge < -0.3 is 9.88 Å². The predicted molar refractivity (Wildman–Crippen MR) is 97.0 cm³/mol. The Kier molecular flexibility index (Phi) is 5.94. The zero-order valence-electron chi connectivity index (χ0n) is 14.7. The Morgan fingerprint density at radius 1 is 1.28 bits per heavy atom. The van der Waals surface area contributed by atoms with E-state index in [1.807, 2.05) is 0 Å². The molecular weight excluding hydrogens is 342 g/mol. The van der Waals surface area contributed by atoms with Crippen LogP contribution in [0.3, 0.4) is 0 Å². The topological polar surface area (TPSA) is 100 Å². The molecular formula is C17H23N3O4S. The zero-order chi connectivity index (χ0) is 18.6. The lowest BCUT2D eigenvalue weighted by atomic mass is 10.2. The molecule has 2 rings (SSSR count). The minimum Gasteiger partial charge on any atom is -0.334 e. The standard InChI is InChI=1S/C17H23N3O4S/c1-4-10-25(23,24)12(3)17(22)20(5-2)11-15-18-14-9-7-6-8-13(14)16(21)19-15/h6-9,12H,4-5,10-11H2,1-3H3,(H,18,19,21). The molecule has 25 heavy (non-hydrogen) atoms. The van der Waals surface area contributed by atoms with Crippen molar-refractivity contribution in [3.63, 3.8) is 0 Å². The van der Waals surface area contributed by atoms with Gasteiger partial charge in [0.1, 0.15) is 11.1 Å². The summed E-state index contributed by atoms with van der Waals surface area (Å²) in [5.41, 5.74) is 0.257. The maximum Gasteiger partial charge on any atom is 0.258 e. The van der Waals surface area contributed by atoms with Crippen LogP contribution in [-0.2, 0) is 21.2 Å². The Balaban J connectivity index is 2.28. The van der Waals surface area contributed by atoms with Crippen LogP contribution in [-0.4, -0.2) is 46.7 Å². The van der Waals surface area contributed by atoms with Crippen LogP contribution in [0, 0.1) is 0 Å². The highest BCUT2D eigenvalue weighted by molar-refractivity contribution is 7.92. The van der Waals surface area contributed by atoms with Gasteiger partial charge in [-0.1, -0.05) is 19.1 Å². The molecule has 0 bridgehead atoms. The van der Waals surface area contributed by atoms with E-state index in [1.54, 1.807) is 38.1 Å². The number of hydrogen-bond acceptors (Lipinski definition) is 5. The van der Waals surface area contributed by atoms with Gasteiger partial charge in [0.25, 0.3) is 5.56 Å². The van der Waals surface area contributed by atoms with Gasteiger partial charge in [-0.05, 0) is 32.4 Å². The monoisotopic (exact) mass is 365 g/mol. The Labute approximate surface area is 147 Å². The van der Waals surface area contributed by atoms with Gasteiger partial charge in [-0.3, -0.25) is 9.59 Å². The Morgan fingerprint density at radius 3 is 2.60 bits per heavy atom. The fourth-order valence-corrected chi connectivity index (χ4v) is 3.99. The lowest BCUT2D eigenvalue weighted by Gasteiger charge is -2.24. The van der Waals surface area contributed by atoms with Crippen LogP contribution in [0.5, 0.6) is 0 Å². The number of carbonyl (C=O) groups is 1. The largest absolute Gasteiger partial charge is 0.334 e. The van der Waals surface area contributed by atoms with Gasteiger partial charge in [-0.2, -0.15) is 0 Å². The molecule has 1 aromatic carbocycles. The minimum absolute atomic E-state index is 0.0253. The van der Waals surface area contributed by atoms with Gasteiger partial charge in [0, 0.05) is 6.54 Å². The van der Waals surface area contributed by atoms with E-state index in [0.717, 1.165) is 0 Å². The number of hydrogen-bond donors (Lipinski definition) is 1. The molecule has 0 aliphatic rings. The maximum atomic E-state index is 12.6. The highest BCUT2D eigenvalue weighted by Crippen LogP contribution is 2.11. The first kappa shape index (κ1) is 19.1. The summed E-state index contributed by atoms with van der Waals surface area (Å²) in [5.74, 6) is -0.173. The molecule has 8 heteroatoms. The predicted octanol–water partition coefficient (Wildman–Crippen LogP) is 1.48. The van der Waals surface area contributed by atoms with Crippen molar-refractivity contribution in [1.29, 1.82) is 0 Å². The third-order valence-corrected chi connectivity index (χ3v) is 6.33. The van der Waals surface area contributed by atoms with Crippen molar-refractivity contribution in [2.75, 3.05) is 12.3 Å². The molecule has 0 aliphatic heterocycles. The zero-order valence-corrected chi connectivity index (χ0v) is 15.5. The summed E-state index contributed by atoms with van der Waals surface area (Å²) in [7, 11) is -3.48. The number of rotatable bonds is 7. The van der Waals surface area contributed by atoms with Crippen LogP contribution < -0.4 is 5.56 Å². The van der Waals surface area contributed by atoms with Crippen molar-refractivity contribution in [2.45, 2.75) is 39.0 Å². The SMILES string of the molecule is CCCS(=O)(=O)C(C)C(=O)N(CC)Cc1nc2ccccc2c(=O)[nH]1. The van der Waals surface area contributed by atoms with Gasteiger partial charge in [-0.25, -0.2) is 13.4 Å². The highest BCUT2D eigenvalue weighted by atomic mass is 32.2. The average molecular weight is 365 g/mol. The van der Waals surface area contributed by atoms with Crippen molar-refractivity contribution in [1.82, 2.24) is 14.9 Å². The number of carbonyl (C=O) groups excluding carboxylic acids is 1. The second kappa shape index (κ2) is 7.77. The molecule has 0 radical (unpaired) electrons. The third-order valence-electron chi connectivity index (χ3n) is 4.07. The van der Waals surface area contributed by atoms with Gasteiger partial charge >= 0.3 is 0 Å². The molecule has 0 fully saturated rings. The number of fused-ring (bicyclic) bond motifs is 1. The van der Waals surface area contributed by atoms with Crippen LogP contribution in [0.25, 0.3) is 10.9 Å². The lowest BCUT2D eigenvalue weighted by molar-refractivity contribution is -0.130. The summed E-state index contributed by atoms with van der Waals surface area (Å²) < 4.78 is 24.3. The van der Waals surface area contributed by atoms with Gasteiger partial charge in [0.05, 0.1) is 23.2 Å². The van der Waals surface area contributed by atoms with E-state index in [0.29, 0.717) is 29.7 Å². The number of nitrogens with zero attached hydrogens (tertiary/aromatic N) is 2. The van der Waals surface area contributed by atoms with E-state index >= 15 is 0 Å². The number of H-pyrrole nitrogens is 1. The quantitative estimate of drug-likeness (QED) is 0.801. The van der Waals surface area contributed by atoms with Crippen molar-refractivity contribution in [2.24, 2.45) is 0 Å². The molecule has 7 nitrogen and oxygen atoms in total. The smallest absolute Gasteiger partial charge is 0.258 e. The fourth-order valence-electron chi connectivity index (χ4n) is 2.61. The van der Waals surface area contributed by atoms with Crippen molar-refractivity contribution < 1.29 is 13.2 Å². The number of para-hydroxylation sites is 1. The van der Waals surface area contributed by atoms with Crippen LogP contribution >= 0.6 is 0 Å². The second-order valence-electron chi connectivity index (χ2n) is 5.89. The van der Waals surface area contributed by atoms with Crippen LogP contribution in [0.4, 0.5) is 0 Å². The Bertz CT molecular complexity index is 921. The first-order valence-corrected chi connectivity index (χ1v) is 10.00. The molecule has 0 spiro atoms. The summed E-state index contributed by atoms with van der Waals surface area (Å²) in [5, 5.41) is -0.640. The van der Waals surface area contributed by atoms with Crippen molar-refractivity contribution in [3.05, 3.63) is 40.4 Å². The van der Waals surface area contributed by atoms with Crippen LogP contribution in [0.15, 0.2) is 29.1 Å².